The van der Waals surface area contributed by atoms with E-state index in [-0.39, 0.29) is 5.56 Å². The molecule has 6 heteroatoms. The lowest BCUT2D eigenvalue weighted by Crippen LogP contribution is -2.34. The van der Waals surface area contributed by atoms with Crippen LogP contribution in [0.4, 0.5) is 11.4 Å². The van der Waals surface area contributed by atoms with E-state index >= 15 is 0 Å². The van der Waals surface area contributed by atoms with Gasteiger partial charge < -0.3 is 10.2 Å². The molecule has 0 aliphatic heterocycles. The van der Waals surface area contributed by atoms with Crippen molar-refractivity contribution in [1.82, 2.24) is 9.38 Å². The summed E-state index contributed by atoms with van der Waals surface area (Å²) in [7, 11) is 3.96. The smallest absolute Gasteiger partial charge is 0.265 e. The summed E-state index contributed by atoms with van der Waals surface area (Å²) in [6.07, 6.45) is 1.66. The molecule has 0 unspecified atom stereocenters. The number of imidazole rings is 1. The van der Waals surface area contributed by atoms with Crippen molar-refractivity contribution in [3.63, 3.8) is 0 Å². The third-order valence-electron chi connectivity index (χ3n) is 4.88. The highest BCUT2D eigenvalue weighted by atomic mass is 16.1. The molecule has 2 aromatic carbocycles. The maximum absolute atomic E-state index is 13.2. The minimum atomic E-state index is -0.197. The second-order valence-corrected chi connectivity index (χ2v) is 6.82. The zero-order valence-electron chi connectivity index (χ0n) is 15.9. The summed E-state index contributed by atoms with van der Waals surface area (Å²) in [4.78, 5) is 19.7. The number of fused-ring (bicyclic) bond motifs is 3. The maximum atomic E-state index is 13.2. The lowest BCUT2D eigenvalue weighted by atomic mass is 10.1. The molecule has 0 bridgehead atoms. The highest BCUT2D eigenvalue weighted by Gasteiger charge is 2.15. The number of aromatic nitrogens is 2. The van der Waals surface area contributed by atoms with Gasteiger partial charge in [0, 0.05) is 31.7 Å². The van der Waals surface area contributed by atoms with Crippen molar-refractivity contribution in [2.24, 2.45) is 0 Å². The van der Waals surface area contributed by atoms with Crippen LogP contribution < -0.4 is 21.0 Å². The molecule has 0 spiro atoms. The Morgan fingerprint density at radius 1 is 1.14 bits per heavy atom. The predicted molar refractivity (Wildman–Crippen MR) is 112 cm³/mol. The quantitative estimate of drug-likeness (QED) is 0.601. The van der Waals surface area contributed by atoms with E-state index in [1.807, 2.05) is 67.5 Å². The van der Waals surface area contributed by atoms with Gasteiger partial charge in [-0.05, 0) is 48.9 Å². The Hall–Kier alpha value is -3.85. The van der Waals surface area contributed by atoms with E-state index in [0.29, 0.717) is 33.0 Å². The van der Waals surface area contributed by atoms with E-state index in [9.17, 15) is 10.1 Å². The average molecular weight is 369 g/mol. The molecule has 0 atom stereocenters. The Morgan fingerprint density at radius 3 is 2.54 bits per heavy atom. The number of hydrogen-bond acceptors (Lipinski definition) is 5. The molecule has 0 aliphatic carbocycles. The van der Waals surface area contributed by atoms with Crippen molar-refractivity contribution in [2.75, 3.05) is 24.3 Å². The number of pyridine rings is 1. The van der Waals surface area contributed by atoms with Gasteiger partial charge in [0.15, 0.2) is 5.65 Å². The fourth-order valence-corrected chi connectivity index (χ4v) is 3.30. The van der Waals surface area contributed by atoms with Gasteiger partial charge in [-0.15, -0.1) is 0 Å². The third-order valence-corrected chi connectivity index (χ3v) is 4.88. The molecule has 1 N–H and O–H groups in total. The second-order valence-electron chi connectivity index (χ2n) is 6.82. The van der Waals surface area contributed by atoms with Gasteiger partial charge in [0.05, 0.1) is 21.8 Å². The van der Waals surface area contributed by atoms with Gasteiger partial charge in [0.1, 0.15) is 6.07 Å². The Balaban J connectivity index is 1.91. The van der Waals surface area contributed by atoms with Crippen LogP contribution in [0, 0.1) is 18.3 Å². The van der Waals surface area contributed by atoms with Gasteiger partial charge in [0.2, 0.25) is 0 Å². The number of hydrogen-bond donors (Lipinski definition) is 1. The summed E-state index contributed by atoms with van der Waals surface area (Å²) in [6.45, 7) is 1.78. The molecule has 28 heavy (non-hydrogen) atoms. The summed E-state index contributed by atoms with van der Waals surface area (Å²) < 4.78 is 1.52. The van der Waals surface area contributed by atoms with E-state index in [1.165, 1.54) is 4.40 Å². The number of nitrogens with zero attached hydrogens (tertiary/aromatic N) is 4. The van der Waals surface area contributed by atoms with Crippen LogP contribution in [0.3, 0.4) is 0 Å². The lowest BCUT2D eigenvalue weighted by molar-refractivity contribution is 1.10. The predicted octanol–water partition coefficient (Wildman–Crippen LogP) is 2.66. The van der Waals surface area contributed by atoms with Gasteiger partial charge in [-0.1, -0.05) is 12.1 Å². The number of anilines is 2. The maximum Gasteiger partial charge on any atom is 0.265 e. The fraction of sp³-hybridized carbons (Fsp3) is 0.136. The first kappa shape index (κ1) is 17.6. The molecule has 0 amide bonds. The molecule has 0 saturated heterocycles. The zero-order chi connectivity index (χ0) is 19.8. The monoisotopic (exact) mass is 369 g/mol. The van der Waals surface area contributed by atoms with E-state index in [2.05, 4.69) is 16.4 Å². The van der Waals surface area contributed by atoms with Gasteiger partial charge in [-0.3, -0.25) is 9.20 Å². The molecule has 6 nitrogen and oxygen atoms in total. The summed E-state index contributed by atoms with van der Waals surface area (Å²) in [5.74, 6) is 0. The van der Waals surface area contributed by atoms with Crippen molar-refractivity contribution < 1.29 is 0 Å². The average Bonchev–Trinajstić information content (AvgIpc) is 3.08. The van der Waals surface area contributed by atoms with Crippen LogP contribution in [0.2, 0.25) is 0 Å². The molecule has 0 fully saturated rings. The van der Waals surface area contributed by atoms with E-state index in [1.54, 1.807) is 13.1 Å². The van der Waals surface area contributed by atoms with Crippen LogP contribution in [0.15, 0.2) is 53.3 Å². The molecule has 0 saturated carbocycles. The van der Waals surface area contributed by atoms with Crippen molar-refractivity contribution in [2.45, 2.75) is 6.92 Å². The van der Waals surface area contributed by atoms with Gasteiger partial charge >= 0.3 is 0 Å². The zero-order valence-corrected chi connectivity index (χ0v) is 15.9. The van der Waals surface area contributed by atoms with Crippen LogP contribution >= 0.6 is 0 Å². The van der Waals surface area contributed by atoms with Crippen molar-refractivity contribution in [3.8, 4) is 6.07 Å². The van der Waals surface area contributed by atoms with E-state index in [0.717, 1.165) is 11.4 Å². The first-order valence-electron chi connectivity index (χ1n) is 8.89. The van der Waals surface area contributed by atoms with E-state index in [4.69, 9.17) is 0 Å². The van der Waals surface area contributed by atoms with Crippen LogP contribution in [0.1, 0.15) is 11.1 Å². The number of benzene rings is 2. The van der Waals surface area contributed by atoms with Crippen LogP contribution in [-0.4, -0.2) is 23.5 Å². The first-order chi connectivity index (χ1) is 13.5. The Bertz CT molecular complexity index is 1340. The first-order valence-corrected chi connectivity index (χ1v) is 8.89. The van der Waals surface area contributed by atoms with Gasteiger partial charge in [-0.25, -0.2) is 4.98 Å². The summed E-state index contributed by atoms with van der Waals surface area (Å²) >= 11 is 0. The highest BCUT2D eigenvalue weighted by Crippen LogP contribution is 2.18. The van der Waals surface area contributed by atoms with E-state index < -0.39 is 0 Å². The topological polar surface area (TPSA) is 73.4 Å². The lowest BCUT2D eigenvalue weighted by Gasteiger charge is -2.12. The number of para-hydroxylation sites is 2. The fourth-order valence-electron chi connectivity index (χ4n) is 3.30. The molecular formula is C22H19N5O. The second kappa shape index (κ2) is 6.71. The summed E-state index contributed by atoms with van der Waals surface area (Å²) in [6, 6.07) is 17.5. The number of rotatable bonds is 3. The van der Waals surface area contributed by atoms with Crippen molar-refractivity contribution >= 4 is 34.3 Å². The van der Waals surface area contributed by atoms with Gasteiger partial charge in [0.25, 0.3) is 5.56 Å². The highest BCUT2D eigenvalue weighted by molar-refractivity contribution is 5.82. The van der Waals surface area contributed by atoms with Gasteiger partial charge in [-0.2, -0.15) is 5.26 Å². The standard InChI is InChI=1S/C22H19N5O/c1-14-17(12-23)21-25-19-6-4-5-7-20(19)27(21)22(28)18(14)13-24-15-8-10-16(11-9-15)26(2)3/h4-11,13,24H,1-3H3/b18-13+. The molecule has 138 valence electrons. The van der Waals surface area contributed by atoms with Crippen molar-refractivity contribution in [1.29, 1.82) is 5.26 Å². The summed E-state index contributed by atoms with van der Waals surface area (Å²) in [5, 5.41) is 13.3. The van der Waals surface area contributed by atoms with Crippen LogP contribution in [0.5, 0.6) is 0 Å². The third kappa shape index (κ3) is 2.74. The molecule has 0 aliphatic rings. The summed E-state index contributed by atoms with van der Waals surface area (Å²) in [5.41, 5.74) is 4.57. The Morgan fingerprint density at radius 2 is 1.86 bits per heavy atom. The molecule has 4 aromatic rings. The van der Waals surface area contributed by atoms with Crippen LogP contribution in [0.25, 0.3) is 22.9 Å². The Labute approximate surface area is 162 Å². The molecular weight excluding hydrogens is 350 g/mol. The number of nitrogens with one attached hydrogen (secondary N) is 1. The van der Waals surface area contributed by atoms with Crippen LogP contribution in [-0.2, 0) is 0 Å². The normalized spacial score (nSPS) is 11.7. The molecule has 2 heterocycles. The molecule has 2 aromatic heterocycles. The molecule has 4 rings (SSSR count). The number of nitriles is 1. The minimum Gasteiger partial charge on any atom is -0.378 e. The largest absolute Gasteiger partial charge is 0.378 e. The minimum absolute atomic E-state index is 0.197. The SMILES string of the molecule is Cc1c(C#N)c2nc3ccccc3n2c(=O)/c1=C/Nc1ccc(N(C)C)cc1. The Kier molecular flexibility index (Phi) is 4.21. The van der Waals surface area contributed by atoms with Crippen molar-refractivity contribution in [3.05, 3.63) is 75.2 Å². The molecule has 0 radical (unpaired) electrons.